The smallest absolute Gasteiger partial charge is 0.0728 e. The van der Waals surface area contributed by atoms with Crippen LogP contribution in [0.4, 0.5) is 0 Å². The summed E-state index contributed by atoms with van der Waals surface area (Å²) >= 11 is 0. The third kappa shape index (κ3) is 3.58. The Morgan fingerprint density at radius 1 is 1.32 bits per heavy atom. The van der Waals surface area contributed by atoms with Crippen LogP contribution in [0.5, 0.6) is 0 Å². The number of aryl methyl sites for hydroxylation is 1. The van der Waals surface area contributed by atoms with Gasteiger partial charge in [-0.05, 0) is 39.4 Å². The number of benzene rings is 1. The fourth-order valence-corrected chi connectivity index (χ4v) is 2.92. The van der Waals surface area contributed by atoms with Crippen molar-refractivity contribution in [3.63, 3.8) is 0 Å². The third-order valence-electron chi connectivity index (χ3n) is 4.00. The number of nitrogens with zero attached hydrogens (tertiary/aromatic N) is 1. The predicted octanol–water partition coefficient (Wildman–Crippen LogP) is 3.34. The fraction of sp³-hybridized carbons (Fsp3) is 0.647. The molecule has 0 bridgehead atoms. The molecule has 0 heterocycles. The van der Waals surface area contributed by atoms with Gasteiger partial charge in [0, 0.05) is 17.9 Å². The molecule has 1 fully saturated rings. The second-order valence-electron chi connectivity index (χ2n) is 5.75. The minimum absolute atomic E-state index is 0.555. The first-order valence-corrected chi connectivity index (χ1v) is 7.05. The zero-order valence-corrected chi connectivity index (χ0v) is 11.9. The first kappa shape index (κ1) is 9.95. The van der Waals surface area contributed by atoms with Crippen LogP contribution in [0, 0.1) is 6.92 Å². The molecule has 0 amide bonds. The Morgan fingerprint density at radius 3 is 2.53 bits per heavy atom. The molecule has 0 unspecified atom stereocenters. The Morgan fingerprint density at radius 2 is 1.95 bits per heavy atom. The maximum Gasteiger partial charge on any atom is 0.0728 e. The highest BCUT2D eigenvalue weighted by atomic mass is 16.3. The maximum absolute atomic E-state index is 11.2. The molecule has 0 radical (unpaired) electrons. The Bertz CT molecular complexity index is 512. The average Bonchev–Trinajstić information content (AvgIpc) is 2.49. The molecule has 1 N–H and O–H groups in total. The molecular weight excluding hydrogens is 234 g/mol. The van der Waals surface area contributed by atoms with Crippen LogP contribution in [0.1, 0.15) is 54.6 Å². The van der Waals surface area contributed by atoms with Crippen molar-refractivity contribution >= 4 is 0 Å². The van der Waals surface area contributed by atoms with Crippen molar-refractivity contribution in [1.82, 2.24) is 4.90 Å². The normalized spacial score (nSPS) is 24.5. The lowest BCUT2D eigenvalue weighted by atomic mass is 9.72. The highest BCUT2D eigenvalue weighted by Gasteiger charge is 2.38. The van der Waals surface area contributed by atoms with Crippen LogP contribution in [-0.2, 0) is 0 Å². The van der Waals surface area contributed by atoms with Crippen molar-refractivity contribution < 1.29 is 10.6 Å². The maximum atomic E-state index is 11.2. The standard InChI is InChI=1S/C17H27NO/c1-14-7-9-15(10-8-14)16(13-18(2)3)17(19)11-5-4-6-12-17/h7-10,16,19H,4-6,11-13H2,1-3H3/t16-/m1/s1/i2D2,13D2. The van der Waals surface area contributed by atoms with Crippen molar-refractivity contribution in [1.29, 1.82) is 0 Å². The Balaban J connectivity index is 2.48. The molecule has 2 heteroatoms. The van der Waals surface area contributed by atoms with Gasteiger partial charge in [-0.3, -0.25) is 0 Å². The van der Waals surface area contributed by atoms with Gasteiger partial charge in [-0.25, -0.2) is 0 Å². The molecule has 1 aliphatic carbocycles. The topological polar surface area (TPSA) is 23.5 Å². The van der Waals surface area contributed by atoms with Crippen molar-refractivity contribution in [2.24, 2.45) is 0 Å². The van der Waals surface area contributed by atoms with Gasteiger partial charge in [-0.2, -0.15) is 0 Å². The van der Waals surface area contributed by atoms with E-state index in [2.05, 4.69) is 0 Å². The molecule has 106 valence electrons. The Labute approximate surface area is 123 Å². The van der Waals surface area contributed by atoms with Gasteiger partial charge in [0.2, 0.25) is 0 Å². The second kappa shape index (κ2) is 6.06. The van der Waals surface area contributed by atoms with Crippen LogP contribution in [0.2, 0.25) is 0 Å². The molecule has 1 aromatic rings. The predicted molar refractivity (Wildman–Crippen MR) is 80.5 cm³/mol. The van der Waals surface area contributed by atoms with E-state index in [1.165, 1.54) is 7.05 Å². The lowest BCUT2D eigenvalue weighted by molar-refractivity contribution is -0.0277. The number of likely N-dealkylation sites (N-methyl/N-ethyl adjacent to an activating group) is 1. The van der Waals surface area contributed by atoms with E-state index in [0.717, 1.165) is 35.3 Å². The Kier molecular flexibility index (Phi) is 3.18. The van der Waals surface area contributed by atoms with E-state index in [-0.39, 0.29) is 0 Å². The highest BCUT2D eigenvalue weighted by Crippen LogP contribution is 2.40. The van der Waals surface area contributed by atoms with Gasteiger partial charge in [-0.15, -0.1) is 0 Å². The summed E-state index contributed by atoms with van der Waals surface area (Å²) in [6.45, 7) is -1.43. The minimum atomic E-state index is -1.98. The molecule has 1 atom stereocenters. The highest BCUT2D eigenvalue weighted by molar-refractivity contribution is 5.27. The number of hydrogen-bond acceptors (Lipinski definition) is 2. The lowest BCUT2D eigenvalue weighted by Gasteiger charge is -2.40. The van der Waals surface area contributed by atoms with Gasteiger partial charge in [0.25, 0.3) is 0 Å². The molecule has 0 saturated heterocycles. The van der Waals surface area contributed by atoms with E-state index in [9.17, 15) is 5.11 Å². The zero-order chi connectivity index (χ0) is 17.3. The molecule has 0 aromatic heterocycles. The molecule has 19 heavy (non-hydrogen) atoms. The van der Waals surface area contributed by atoms with E-state index in [1.54, 1.807) is 0 Å². The van der Waals surface area contributed by atoms with Gasteiger partial charge in [0.1, 0.15) is 0 Å². The van der Waals surface area contributed by atoms with Gasteiger partial charge in [-0.1, -0.05) is 49.1 Å². The number of hydrogen-bond donors (Lipinski definition) is 1. The number of aliphatic hydroxyl groups is 1. The zero-order valence-electron chi connectivity index (χ0n) is 15.9. The van der Waals surface area contributed by atoms with Crippen molar-refractivity contribution in [2.75, 3.05) is 20.5 Å². The van der Waals surface area contributed by atoms with Crippen LogP contribution in [-0.4, -0.2) is 36.2 Å². The summed E-state index contributed by atoms with van der Waals surface area (Å²) in [6.07, 6.45) is 3.92. The molecular formula is C17H27NO. The summed E-state index contributed by atoms with van der Waals surface area (Å²) in [5.41, 5.74) is 0.675. The Hall–Kier alpha value is -0.860. The van der Waals surface area contributed by atoms with Crippen molar-refractivity contribution in [3.8, 4) is 0 Å². The van der Waals surface area contributed by atoms with Crippen LogP contribution in [0.25, 0.3) is 0 Å². The molecule has 2 nitrogen and oxygen atoms in total. The van der Waals surface area contributed by atoms with Gasteiger partial charge in [0.05, 0.1) is 5.60 Å². The SMILES string of the molecule is [2H]C([2H])N(C)C([2H])([2H])[C@H](c1ccc(C)cc1)C1(O)CCCCC1. The van der Waals surface area contributed by atoms with Crippen LogP contribution in [0.15, 0.2) is 24.3 Å². The summed E-state index contributed by atoms with van der Waals surface area (Å²) in [5, 5.41) is 11.2. The van der Waals surface area contributed by atoms with E-state index >= 15 is 0 Å². The summed E-state index contributed by atoms with van der Waals surface area (Å²) in [7, 11) is 1.44. The summed E-state index contributed by atoms with van der Waals surface area (Å²) in [4.78, 5) is 1.09. The van der Waals surface area contributed by atoms with Gasteiger partial charge < -0.3 is 10.0 Å². The van der Waals surface area contributed by atoms with E-state index in [0.29, 0.717) is 12.8 Å². The first-order valence-electron chi connectivity index (χ1n) is 9.20. The lowest BCUT2D eigenvalue weighted by Crippen LogP contribution is -2.42. The molecule has 0 aliphatic heterocycles. The molecule has 1 aromatic carbocycles. The van der Waals surface area contributed by atoms with Crippen molar-refractivity contribution in [3.05, 3.63) is 35.4 Å². The monoisotopic (exact) mass is 265 g/mol. The largest absolute Gasteiger partial charge is 0.389 e. The summed E-state index contributed by atoms with van der Waals surface area (Å²) < 4.78 is 32.3. The number of rotatable bonds is 4. The van der Waals surface area contributed by atoms with E-state index < -0.39 is 25.0 Å². The summed E-state index contributed by atoms with van der Waals surface area (Å²) in [6, 6.07) is 7.56. The van der Waals surface area contributed by atoms with E-state index in [1.807, 2.05) is 31.2 Å². The van der Waals surface area contributed by atoms with Gasteiger partial charge in [0.15, 0.2) is 0 Å². The second-order valence-corrected chi connectivity index (χ2v) is 5.75. The van der Waals surface area contributed by atoms with E-state index in [4.69, 9.17) is 5.48 Å². The quantitative estimate of drug-likeness (QED) is 0.902. The molecule has 1 saturated carbocycles. The first-order chi connectivity index (χ1) is 10.7. The van der Waals surface area contributed by atoms with Crippen molar-refractivity contribution in [2.45, 2.75) is 50.5 Å². The average molecular weight is 265 g/mol. The van der Waals surface area contributed by atoms with Gasteiger partial charge >= 0.3 is 0 Å². The fourth-order valence-electron chi connectivity index (χ4n) is 2.92. The molecule has 0 spiro atoms. The third-order valence-corrected chi connectivity index (χ3v) is 4.00. The minimum Gasteiger partial charge on any atom is -0.389 e. The molecule has 1 aliphatic rings. The van der Waals surface area contributed by atoms with Crippen LogP contribution in [0.3, 0.4) is 0 Å². The summed E-state index contributed by atoms with van der Waals surface area (Å²) in [5.74, 6) is -0.779. The van der Waals surface area contributed by atoms with Crippen LogP contribution >= 0.6 is 0 Å². The molecule has 2 rings (SSSR count). The van der Waals surface area contributed by atoms with Crippen LogP contribution < -0.4 is 0 Å².